The number of thioether (sulfide) groups is 1. The van der Waals surface area contributed by atoms with E-state index in [0.717, 1.165) is 0 Å². The second-order valence-electron chi connectivity index (χ2n) is 5.17. The summed E-state index contributed by atoms with van der Waals surface area (Å²) in [6.07, 6.45) is 0.245. The molecule has 1 fully saturated rings. The third-order valence-electron chi connectivity index (χ3n) is 3.14. The van der Waals surface area contributed by atoms with Crippen molar-refractivity contribution in [2.45, 2.75) is 24.4 Å². The first kappa shape index (κ1) is 18.9. The smallest absolute Gasteiger partial charge is 0.234 e. The van der Waals surface area contributed by atoms with Crippen LogP contribution in [0.2, 0.25) is 10.0 Å². The molecule has 2 rings (SSSR count). The van der Waals surface area contributed by atoms with Crippen LogP contribution in [-0.2, 0) is 14.4 Å². The molecule has 7 nitrogen and oxygen atoms in total. The lowest BCUT2D eigenvalue weighted by atomic mass is 10.1. The monoisotopic (exact) mass is 390 g/mol. The average Bonchev–Trinajstić information content (AvgIpc) is 2.48. The van der Waals surface area contributed by atoms with Crippen LogP contribution in [-0.4, -0.2) is 35.0 Å². The first-order valence-electron chi connectivity index (χ1n) is 7.03. The largest absolute Gasteiger partial charge is 0.370 e. The maximum Gasteiger partial charge on any atom is 0.234 e. The van der Waals surface area contributed by atoms with Gasteiger partial charge in [-0.2, -0.15) is 0 Å². The fraction of sp³-hybridized carbons (Fsp3) is 0.357. The van der Waals surface area contributed by atoms with Gasteiger partial charge in [0.1, 0.15) is 5.50 Å². The zero-order valence-electron chi connectivity index (χ0n) is 12.5. The maximum atomic E-state index is 12.0. The predicted molar refractivity (Wildman–Crippen MR) is 94.8 cm³/mol. The minimum atomic E-state index is -0.483. The van der Waals surface area contributed by atoms with E-state index in [0.29, 0.717) is 15.7 Å². The highest BCUT2D eigenvalue weighted by Crippen LogP contribution is 2.25. The molecule has 0 bridgehead atoms. The lowest BCUT2D eigenvalue weighted by Crippen LogP contribution is -2.55. The lowest BCUT2D eigenvalue weighted by molar-refractivity contribution is -0.124. The second-order valence-corrected chi connectivity index (χ2v) is 7.08. The van der Waals surface area contributed by atoms with Crippen LogP contribution in [0.1, 0.15) is 12.8 Å². The molecule has 1 heterocycles. The van der Waals surface area contributed by atoms with Gasteiger partial charge in [-0.3, -0.25) is 19.7 Å². The Hall–Kier alpha value is -1.48. The molecule has 1 aliphatic heterocycles. The van der Waals surface area contributed by atoms with Crippen molar-refractivity contribution in [2.24, 2.45) is 5.73 Å². The number of anilines is 1. The van der Waals surface area contributed by atoms with E-state index in [1.807, 2.05) is 0 Å². The van der Waals surface area contributed by atoms with E-state index in [1.54, 1.807) is 18.2 Å². The number of hydrogen-bond donors (Lipinski definition) is 4. The summed E-state index contributed by atoms with van der Waals surface area (Å²) >= 11 is 12.9. The summed E-state index contributed by atoms with van der Waals surface area (Å²) in [5.41, 5.74) is 5.21. The van der Waals surface area contributed by atoms with E-state index >= 15 is 0 Å². The predicted octanol–water partition coefficient (Wildman–Crippen LogP) is 1.30. The molecule has 0 saturated carbocycles. The fourth-order valence-corrected chi connectivity index (χ4v) is 3.33. The Labute approximate surface area is 153 Å². The summed E-state index contributed by atoms with van der Waals surface area (Å²) < 4.78 is 0. The van der Waals surface area contributed by atoms with Gasteiger partial charge in [0.25, 0.3) is 0 Å². The van der Waals surface area contributed by atoms with Gasteiger partial charge in [0.15, 0.2) is 0 Å². The minimum Gasteiger partial charge on any atom is -0.370 e. The van der Waals surface area contributed by atoms with E-state index in [4.69, 9.17) is 28.9 Å². The molecule has 1 aliphatic rings. The van der Waals surface area contributed by atoms with Crippen molar-refractivity contribution in [2.75, 3.05) is 11.1 Å². The van der Waals surface area contributed by atoms with Gasteiger partial charge in [-0.25, -0.2) is 0 Å². The zero-order valence-corrected chi connectivity index (χ0v) is 14.8. The number of amides is 3. The quantitative estimate of drug-likeness (QED) is 0.584. The molecule has 1 saturated heterocycles. The molecule has 24 heavy (non-hydrogen) atoms. The Kier molecular flexibility index (Phi) is 6.73. The summed E-state index contributed by atoms with van der Waals surface area (Å²) in [7, 11) is 0. The van der Waals surface area contributed by atoms with Crippen molar-refractivity contribution in [1.82, 2.24) is 10.6 Å². The number of benzene rings is 1. The Bertz CT molecular complexity index is 657. The van der Waals surface area contributed by atoms with Crippen molar-refractivity contribution in [3.63, 3.8) is 0 Å². The van der Waals surface area contributed by atoms with E-state index in [1.165, 1.54) is 11.8 Å². The number of rotatable bonds is 6. The number of nitrogens with two attached hydrogens (primary N) is 1. The topological polar surface area (TPSA) is 113 Å². The van der Waals surface area contributed by atoms with Crippen LogP contribution >= 0.6 is 35.0 Å². The first-order valence-corrected chi connectivity index (χ1v) is 8.84. The molecule has 2 atom stereocenters. The molecule has 0 spiro atoms. The third kappa shape index (κ3) is 5.86. The van der Waals surface area contributed by atoms with Crippen LogP contribution in [0.4, 0.5) is 5.69 Å². The number of carbonyl (C=O) groups excluding carboxylic acids is 3. The van der Waals surface area contributed by atoms with Crippen molar-refractivity contribution in [1.29, 1.82) is 0 Å². The van der Waals surface area contributed by atoms with Gasteiger partial charge in [-0.15, -0.1) is 11.8 Å². The molecule has 2 unspecified atom stereocenters. The first-order chi connectivity index (χ1) is 11.3. The van der Waals surface area contributed by atoms with Crippen LogP contribution < -0.4 is 21.7 Å². The van der Waals surface area contributed by atoms with E-state index in [-0.39, 0.29) is 36.5 Å². The normalized spacial score (nSPS) is 20.3. The molecule has 0 aliphatic carbocycles. The summed E-state index contributed by atoms with van der Waals surface area (Å²) in [6, 6.07) is 4.45. The van der Waals surface area contributed by atoms with Crippen LogP contribution in [0.25, 0.3) is 0 Å². The Balaban J connectivity index is 1.83. The Morgan fingerprint density at radius 2 is 2.08 bits per heavy atom. The van der Waals surface area contributed by atoms with Gasteiger partial charge in [0, 0.05) is 24.6 Å². The molecule has 1 aromatic carbocycles. The molecule has 1 aromatic rings. The molecule has 3 amide bonds. The van der Waals surface area contributed by atoms with Gasteiger partial charge < -0.3 is 16.4 Å². The number of nitrogens with one attached hydrogen (secondary N) is 3. The molecule has 130 valence electrons. The molecule has 5 N–H and O–H groups in total. The van der Waals surface area contributed by atoms with Gasteiger partial charge in [-0.1, -0.05) is 23.2 Å². The van der Waals surface area contributed by atoms with Crippen molar-refractivity contribution in [3.05, 3.63) is 28.2 Å². The molecule has 0 aromatic heterocycles. The number of carbonyl (C=O) groups is 3. The third-order valence-corrected chi connectivity index (χ3v) is 4.90. The number of hydrogen-bond acceptors (Lipinski definition) is 5. The second kappa shape index (κ2) is 8.57. The SMILES string of the molecule is NC(=O)CC1CC(=O)NC(SCC(=O)Nc2ccc(Cl)c(Cl)c2)N1. The van der Waals surface area contributed by atoms with Crippen LogP contribution in [0, 0.1) is 0 Å². The molecule has 0 radical (unpaired) electrons. The Morgan fingerprint density at radius 3 is 2.75 bits per heavy atom. The summed E-state index contributed by atoms with van der Waals surface area (Å²) in [4.78, 5) is 34.6. The van der Waals surface area contributed by atoms with Gasteiger partial charge >= 0.3 is 0 Å². The van der Waals surface area contributed by atoms with Crippen molar-refractivity contribution < 1.29 is 14.4 Å². The van der Waals surface area contributed by atoms with Crippen molar-refractivity contribution >= 4 is 58.4 Å². The van der Waals surface area contributed by atoms with Gasteiger partial charge in [0.2, 0.25) is 17.7 Å². The molecular formula is C14H16Cl2N4O3S. The molecular weight excluding hydrogens is 375 g/mol. The lowest BCUT2D eigenvalue weighted by Gasteiger charge is -2.30. The van der Waals surface area contributed by atoms with Crippen LogP contribution in [0.3, 0.4) is 0 Å². The van der Waals surface area contributed by atoms with E-state index in [9.17, 15) is 14.4 Å². The van der Waals surface area contributed by atoms with Gasteiger partial charge in [-0.05, 0) is 18.2 Å². The standard InChI is InChI=1S/C14H16Cl2N4O3S/c15-9-2-1-7(3-10(9)16)18-13(23)6-24-14-19-8(4-11(17)21)5-12(22)20-14/h1-3,8,14,19H,4-6H2,(H2,17,21)(H,18,23)(H,20,22). The summed E-state index contributed by atoms with van der Waals surface area (Å²) in [6.45, 7) is 0. The highest BCUT2D eigenvalue weighted by Gasteiger charge is 2.27. The highest BCUT2D eigenvalue weighted by molar-refractivity contribution is 8.00. The average molecular weight is 391 g/mol. The van der Waals surface area contributed by atoms with Gasteiger partial charge in [0.05, 0.1) is 15.8 Å². The van der Waals surface area contributed by atoms with Crippen LogP contribution in [0.15, 0.2) is 18.2 Å². The minimum absolute atomic E-state index is 0.0694. The number of halogens is 2. The zero-order chi connectivity index (χ0) is 17.7. The van der Waals surface area contributed by atoms with Crippen molar-refractivity contribution in [3.8, 4) is 0 Å². The van der Waals surface area contributed by atoms with Crippen LogP contribution in [0.5, 0.6) is 0 Å². The summed E-state index contributed by atoms with van der Waals surface area (Å²) in [5.74, 6) is -0.834. The summed E-state index contributed by atoms with van der Waals surface area (Å²) in [5, 5.41) is 9.19. The maximum absolute atomic E-state index is 12.0. The van der Waals surface area contributed by atoms with E-state index < -0.39 is 11.4 Å². The van der Waals surface area contributed by atoms with E-state index in [2.05, 4.69) is 16.0 Å². The highest BCUT2D eigenvalue weighted by atomic mass is 35.5. The number of primary amides is 1. The fourth-order valence-electron chi connectivity index (χ4n) is 2.14. The molecule has 10 heteroatoms. The Morgan fingerprint density at radius 1 is 1.33 bits per heavy atom.